The minimum atomic E-state index is -0.191. The number of hydrogen-bond acceptors (Lipinski definition) is 1. The number of aliphatic hydroxyl groups excluding tert-OH is 1. The van der Waals surface area contributed by atoms with Gasteiger partial charge in [-0.05, 0) is 68.9 Å². The van der Waals surface area contributed by atoms with Crippen LogP contribution in [0.4, 0.5) is 0 Å². The molecule has 17 heavy (non-hydrogen) atoms. The van der Waals surface area contributed by atoms with Crippen molar-refractivity contribution in [2.24, 2.45) is 0 Å². The lowest BCUT2D eigenvalue weighted by Gasteiger charge is -2.04. The Morgan fingerprint density at radius 3 is 2.65 bits per heavy atom. The summed E-state index contributed by atoms with van der Waals surface area (Å²) >= 11 is 0. The van der Waals surface area contributed by atoms with E-state index in [1.807, 2.05) is 6.92 Å². The van der Waals surface area contributed by atoms with Crippen LogP contribution in [0.3, 0.4) is 0 Å². The molecule has 1 heterocycles. The molecule has 0 aliphatic carbocycles. The summed E-state index contributed by atoms with van der Waals surface area (Å²) in [5, 5.41) is 10.6. The Balaban J connectivity index is 2.21. The van der Waals surface area contributed by atoms with E-state index in [9.17, 15) is 5.11 Å². The van der Waals surface area contributed by atoms with Gasteiger partial charge in [0.2, 0.25) is 0 Å². The maximum absolute atomic E-state index is 9.27. The molecule has 2 aromatic rings. The third-order valence-corrected chi connectivity index (χ3v) is 3.45. The lowest BCUT2D eigenvalue weighted by molar-refractivity contribution is 0.182. The van der Waals surface area contributed by atoms with Gasteiger partial charge in [0, 0.05) is 17.1 Å². The molecule has 1 aromatic heterocycles. The lowest BCUT2D eigenvalue weighted by Crippen LogP contribution is -1.99. The average Bonchev–Trinajstić information content (AvgIpc) is 2.62. The molecule has 0 spiro atoms. The third kappa shape index (κ3) is 2.70. The third-order valence-electron chi connectivity index (χ3n) is 3.45. The summed E-state index contributed by atoms with van der Waals surface area (Å²) in [6.45, 7) is 6.15. The van der Waals surface area contributed by atoms with Crippen molar-refractivity contribution in [2.45, 2.75) is 46.1 Å². The number of aryl methyl sites for hydroxylation is 3. The molecule has 0 bridgehead atoms. The zero-order valence-corrected chi connectivity index (χ0v) is 10.9. The molecule has 0 radical (unpaired) electrons. The fraction of sp³-hybridized carbons (Fsp3) is 0.467. The van der Waals surface area contributed by atoms with Crippen LogP contribution in [0.2, 0.25) is 0 Å². The first-order valence-corrected chi connectivity index (χ1v) is 6.33. The van der Waals surface area contributed by atoms with E-state index in [4.69, 9.17) is 0 Å². The van der Waals surface area contributed by atoms with Crippen molar-refractivity contribution < 1.29 is 5.11 Å². The number of rotatable bonds is 4. The fourth-order valence-electron chi connectivity index (χ4n) is 2.24. The second kappa shape index (κ2) is 4.92. The van der Waals surface area contributed by atoms with Crippen molar-refractivity contribution in [3.05, 3.63) is 35.0 Å². The van der Waals surface area contributed by atoms with Crippen LogP contribution in [-0.4, -0.2) is 16.2 Å². The van der Waals surface area contributed by atoms with Gasteiger partial charge < -0.3 is 10.1 Å². The van der Waals surface area contributed by atoms with Gasteiger partial charge >= 0.3 is 0 Å². The van der Waals surface area contributed by atoms with E-state index < -0.39 is 0 Å². The molecular formula is C15H21NO. The zero-order valence-electron chi connectivity index (χ0n) is 10.9. The molecule has 1 aromatic carbocycles. The zero-order chi connectivity index (χ0) is 12.4. The minimum absolute atomic E-state index is 0.191. The Hall–Kier alpha value is -1.28. The topological polar surface area (TPSA) is 36.0 Å². The predicted octanol–water partition coefficient (Wildman–Crippen LogP) is 3.49. The standard InChI is InChI=1S/C15H21NO/c1-10-7-14-13(6-4-5-12(3)17)9-16-15(14)8-11(10)2/h7-9,12,16-17H,4-6H2,1-3H3. The molecule has 0 saturated carbocycles. The smallest absolute Gasteiger partial charge is 0.0512 e. The van der Waals surface area contributed by atoms with Crippen LogP contribution in [-0.2, 0) is 6.42 Å². The number of fused-ring (bicyclic) bond motifs is 1. The minimum Gasteiger partial charge on any atom is -0.393 e. The van der Waals surface area contributed by atoms with Gasteiger partial charge in [-0.1, -0.05) is 0 Å². The molecule has 2 heteroatoms. The van der Waals surface area contributed by atoms with Crippen molar-refractivity contribution in [3.63, 3.8) is 0 Å². The van der Waals surface area contributed by atoms with Crippen LogP contribution < -0.4 is 0 Å². The number of hydrogen-bond donors (Lipinski definition) is 2. The highest BCUT2D eigenvalue weighted by Crippen LogP contribution is 2.23. The monoisotopic (exact) mass is 231 g/mol. The second-order valence-electron chi connectivity index (χ2n) is 5.04. The van der Waals surface area contributed by atoms with Gasteiger partial charge in [0.1, 0.15) is 0 Å². The number of benzene rings is 1. The highest BCUT2D eigenvalue weighted by atomic mass is 16.3. The van der Waals surface area contributed by atoms with E-state index >= 15 is 0 Å². The van der Waals surface area contributed by atoms with Crippen LogP contribution in [0.15, 0.2) is 18.3 Å². The van der Waals surface area contributed by atoms with Gasteiger partial charge in [-0.25, -0.2) is 0 Å². The maximum atomic E-state index is 9.27. The Morgan fingerprint density at radius 2 is 1.94 bits per heavy atom. The normalized spacial score (nSPS) is 13.2. The van der Waals surface area contributed by atoms with Crippen LogP contribution in [0, 0.1) is 13.8 Å². The molecule has 2 nitrogen and oxygen atoms in total. The van der Waals surface area contributed by atoms with Crippen LogP contribution in [0.5, 0.6) is 0 Å². The Morgan fingerprint density at radius 1 is 1.24 bits per heavy atom. The summed E-state index contributed by atoms with van der Waals surface area (Å²) in [4.78, 5) is 3.33. The molecule has 1 atom stereocenters. The molecule has 92 valence electrons. The number of aromatic amines is 1. The van der Waals surface area contributed by atoms with Gasteiger partial charge in [-0.2, -0.15) is 0 Å². The van der Waals surface area contributed by atoms with Gasteiger partial charge in [0.25, 0.3) is 0 Å². The highest BCUT2D eigenvalue weighted by Gasteiger charge is 2.06. The molecule has 0 saturated heterocycles. The molecule has 0 fully saturated rings. The van der Waals surface area contributed by atoms with E-state index in [1.165, 1.54) is 27.6 Å². The Bertz CT molecular complexity index is 511. The van der Waals surface area contributed by atoms with E-state index in [0.29, 0.717) is 0 Å². The quantitative estimate of drug-likeness (QED) is 0.830. The number of aromatic nitrogens is 1. The molecular weight excluding hydrogens is 210 g/mol. The highest BCUT2D eigenvalue weighted by molar-refractivity contribution is 5.84. The SMILES string of the molecule is Cc1cc2[nH]cc(CCCC(C)O)c2cc1C. The summed E-state index contributed by atoms with van der Waals surface area (Å²) in [5.41, 5.74) is 5.26. The van der Waals surface area contributed by atoms with Crippen LogP contribution in [0.25, 0.3) is 10.9 Å². The molecule has 0 amide bonds. The predicted molar refractivity (Wildman–Crippen MR) is 72.4 cm³/mol. The van der Waals surface area contributed by atoms with Crippen molar-refractivity contribution in [1.29, 1.82) is 0 Å². The fourth-order valence-corrected chi connectivity index (χ4v) is 2.24. The average molecular weight is 231 g/mol. The van der Waals surface area contributed by atoms with Gasteiger partial charge in [0.05, 0.1) is 6.10 Å². The first-order chi connectivity index (χ1) is 8.08. The summed E-state index contributed by atoms with van der Waals surface area (Å²) < 4.78 is 0. The first-order valence-electron chi connectivity index (χ1n) is 6.33. The molecule has 1 unspecified atom stereocenters. The summed E-state index contributed by atoms with van der Waals surface area (Å²) in [6, 6.07) is 4.47. The van der Waals surface area contributed by atoms with Crippen molar-refractivity contribution in [1.82, 2.24) is 4.98 Å². The van der Waals surface area contributed by atoms with E-state index in [-0.39, 0.29) is 6.10 Å². The number of H-pyrrole nitrogens is 1. The first kappa shape index (κ1) is 12.2. The Kier molecular flexibility index (Phi) is 3.53. The van der Waals surface area contributed by atoms with Gasteiger partial charge in [0.15, 0.2) is 0 Å². The van der Waals surface area contributed by atoms with E-state index in [0.717, 1.165) is 19.3 Å². The second-order valence-corrected chi connectivity index (χ2v) is 5.04. The van der Waals surface area contributed by atoms with Crippen molar-refractivity contribution >= 4 is 10.9 Å². The summed E-state index contributed by atoms with van der Waals surface area (Å²) in [7, 11) is 0. The van der Waals surface area contributed by atoms with Gasteiger partial charge in [-0.15, -0.1) is 0 Å². The maximum Gasteiger partial charge on any atom is 0.0512 e. The van der Waals surface area contributed by atoms with Crippen molar-refractivity contribution in [2.75, 3.05) is 0 Å². The number of aliphatic hydroxyl groups is 1. The lowest BCUT2D eigenvalue weighted by atomic mass is 10.0. The number of nitrogens with one attached hydrogen (secondary N) is 1. The molecule has 0 aliphatic rings. The van der Waals surface area contributed by atoms with E-state index in [1.54, 1.807) is 0 Å². The largest absolute Gasteiger partial charge is 0.393 e. The molecule has 0 aliphatic heterocycles. The van der Waals surface area contributed by atoms with E-state index in [2.05, 4.69) is 37.2 Å². The molecule has 2 rings (SSSR count). The summed E-state index contributed by atoms with van der Waals surface area (Å²) in [6.07, 6.45) is 4.86. The molecule has 2 N–H and O–H groups in total. The van der Waals surface area contributed by atoms with Crippen molar-refractivity contribution in [3.8, 4) is 0 Å². The Labute approximate surface area is 103 Å². The van der Waals surface area contributed by atoms with Gasteiger partial charge in [-0.3, -0.25) is 0 Å². The van der Waals surface area contributed by atoms with Crippen LogP contribution in [0.1, 0.15) is 36.5 Å². The summed E-state index contributed by atoms with van der Waals surface area (Å²) in [5.74, 6) is 0. The van der Waals surface area contributed by atoms with Crippen LogP contribution >= 0.6 is 0 Å².